The third kappa shape index (κ3) is 5.52. The lowest BCUT2D eigenvalue weighted by Gasteiger charge is -2.25. The van der Waals surface area contributed by atoms with E-state index in [0.29, 0.717) is 36.5 Å². The minimum Gasteiger partial charge on any atom is -0.346 e. The number of rotatable bonds is 7. The number of carbonyl (C=O) groups excluding carboxylic acids is 2. The maximum Gasteiger partial charge on any atom is 0.309 e. The van der Waals surface area contributed by atoms with E-state index in [1.807, 2.05) is 27.1 Å². The number of sulfonamides is 1. The highest BCUT2D eigenvalue weighted by Gasteiger charge is 2.36. The Morgan fingerprint density at radius 2 is 1.86 bits per heavy atom. The fourth-order valence-electron chi connectivity index (χ4n) is 3.24. The summed E-state index contributed by atoms with van der Waals surface area (Å²) in [5.41, 5.74) is 1.58. The fourth-order valence-corrected chi connectivity index (χ4v) is 5.24. The second-order valence-corrected chi connectivity index (χ2v) is 9.46. The summed E-state index contributed by atoms with van der Waals surface area (Å²) >= 11 is 0. The Morgan fingerprint density at radius 1 is 1.18 bits per heavy atom. The van der Waals surface area contributed by atoms with Gasteiger partial charge in [0.05, 0.1) is 32.1 Å². The Kier molecular flexibility index (Phi) is 7.56. The van der Waals surface area contributed by atoms with Crippen LogP contribution in [-0.2, 0) is 19.6 Å². The minimum atomic E-state index is -3.65. The molecule has 0 radical (unpaired) electrons. The first-order chi connectivity index (χ1) is 13.1. The largest absolute Gasteiger partial charge is 0.346 e. The zero-order valence-corrected chi connectivity index (χ0v) is 17.9. The summed E-state index contributed by atoms with van der Waals surface area (Å²) < 4.78 is 27.7. The summed E-state index contributed by atoms with van der Waals surface area (Å²) in [4.78, 5) is 25.3. The maximum atomic E-state index is 13.1. The van der Waals surface area contributed by atoms with Crippen LogP contribution in [0.1, 0.15) is 24.0 Å². The van der Waals surface area contributed by atoms with Crippen LogP contribution in [-0.4, -0.2) is 70.9 Å². The SMILES string of the molecule is Cc1ccc(C)c(S(=O)(=O)N2CCC[C@H]2CNC(=O)C(=O)NCC[NH+](C)C)c1. The van der Waals surface area contributed by atoms with Gasteiger partial charge in [-0.2, -0.15) is 4.31 Å². The standard InChI is InChI=1S/C19H30N4O4S/c1-14-7-8-15(2)17(12-14)28(26,27)23-10-5-6-16(23)13-21-19(25)18(24)20-9-11-22(3)4/h7-8,12,16H,5-6,9-11,13H2,1-4H3,(H,20,24)(H,21,25)/p+1/t16-/m0/s1. The van der Waals surface area contributed by atoms with Crippen LogP contribution in [0.5, 0.6) is 0 Å². The number of nitrogens with one attached hydrogen (secondary N) is 3. The molecule has 1 aromatic carbocycles. The number of benzene rings is 1. The summed E-state index contributed by atoms with van der Waals surface area (Å²) in [5, 5.41) is 5.14. The molecule has 8 nitrogen and oxygen atoms in total. The van der Waals surface area contributed by atoms with E-state index in [9.17, 15) is 18.0 Å². The molecule has 9 heteroatoms. The Morgan fingerprint density at radius 3 is 2.54 bits per heavy atom. The van der Waals surface area contributed by atoms with E-state index in [4.69, 9.17) is 0 Å². The number of amides is 2. The summed E-state index contributed by atoms with van der Waals surface area (Å²) in [7, 11) is 0.257. The van der Waals surface area contributed by atoms with Gasteiger partial charge in [-0.25, -0.2) is 8.42 Å². The van der Waals surface area contributed by atoms with E-state index >= 15 is 0 Å². The highest BCUT2D eigenvalue weighted by atomic mass is 32.2. The van der Waals surface area contributed by atoms with Crippen molar-refractivity contribution >= 4 is 21.8 Å². The lowest BCUT2D eigenvalue weighted by atomic mass is 10.2. The Hall–Kier alpha value is -1.97. The second kappa shape index (κ2) is 9.49. The van der Waals surface area contributed by atoms with Crippen molar-refractivity contribution in [2.24, 2.45) is 0 Å². The number of quaternary nitrogens is 1. The van der Waals surface area contributed by atoms with Gasteiger partial charge in [-0.1, -0.05) is 12.1 Å². The second-order valence-electron chi connectivity index (χ2n) is 7.60. The third-order valence-electron chi connectivity index (χ3n) is 4.87. The molecule has 0 unspecified atom stereocenters. The highest BCUT2D eigenvalue weighted by Crippen LogP contribution is 2.28. The molecule has 0 bridgehead atoms. The van der Waals surface area contributed by atoms with E-state index in [1.54, 1.807) is 19.1 Å². The van der Waals surface area contributed by atoms with Gasteiger partial charge in [0, 0.05) is 19.1 Å². The lowest BCUT2D eigenvalue weighted by molar-refractivity contribution is -0.856. The summed E-state index contributed by atoms with van der Waals surface area (Å²) in [6.07, 6.45) is 1.37. The van der Waals surface area contributed by atoms with Crippen LogP contribution in [0.4, 0.5) is 0 Å². The van der Waals surface area contributed by atoms with Crippen LogP contribution < -0.4 is 15.5 Å². The van der Waals surface area contributed by atoms with Crippen LogP contribution >= 0.6 is 0 Å². The molecule has 1 heterocycles. The van der Waals surface area contributed by atoms with E-state index in [0.717, 1.165) is 12.0 Å². The molecule has 1 aliphatic heterocycles. The molecular weight excluding hydrogens is 380 g/mol. The number of hydrogen-bond acceptors (Lipinski definition) is 4. The molecule has 1 atom stereocenters. The van der Waals surface area contributed by atoms with Crippen molar-refractivity contribution < 1.29 is 22.9 Å². The molecule has 0 spiro atoms. The zero-order chi connectivity index (χ0) is 20.9. The number of nitrogens with zero attached hydrogens (tertiary/aromatic N) is 1. The highest BCUT2D eigenvalue weighted by molar-refractivity contribution is 7.89. The molecule has 1 aromatic rings. The van der Waals surface area contributed by atoms with Crippen LogP contribution in [0.3, 0.4) is 0 Å². The van der Waals surface area contributed by atoms with Crippen LogP contribution in [0.15, 0.2) is 23.1 Å². The molecule has 0 saturated carbocycles. The number of carbonyl (C=O) groups is 2. The first-order valence-electron chi connectivity index (χ1n) is 9.57. The van der Waals surface area contributed by atoms with E-state index in [2.05, 4.69) is 10.6 Å². The van der Waals surface area contributed by atoms with Gasteiger partial charge in [-0.3, -0.25) is 9.59 Å². The van der Waals surface area contributed by atoms with Gasteiger partial charge in [-0.15, -0.1) is 0 Å². The predicted molar refractivity (Wildman–Crippen MR) is 107 cm³/mol. The van der Waals surface area contributed by atoms with Gasteiger partial charge >= 0.3 is 11.8 Å². The molecule has 28 heavy (non-hydrogen) atoms. The van der Waals surface area contributed by atoms with Crippen molar-refractivity contribution in [3.8, 4) is 0 Å². The average Bonchev–Trinajstić information content (AvgIpc) is 3.10. The van der Waals surface area contributed by atoms with Crippen molar-refractivity contribution in [2.45, 2.75) is 37.6 Å². The van der Waals surface area contributed by atoms with Gasteiger partial charge in [0.25, 0.3) is 0 Å². The third-order valence-corrected chi connectivity index (χ3v) is 6.96. The Balaban J connectivity index is 2.00. The molecule has 156 valence electrons. The van der Waals surface area contributed by atoms with E-state index in [-0.39, 0.29) is 12.6 Å². The van der Waals surface area contributed by atoms with Crippen molar-refractivity contribution in [2.75, 3.05) is 40.3 Å². The minimum absolute atomic E-state index is 0.120. The normalized spacial score (nSPS) is 17.7. The number of aryl methyl sites for hydroxylation is 2. The van der Waals surface area contributed by atoms with Gasteiger partial charge < -0.3 is 15.5 Å². The van der Waals surface area contributed by atoms with E-state index < -0.39 is 21.8 Å². The molecule has 2 amide bonds. The quantitative estimate of drug-likeness (QED) is 0.493. The lowest BCUT2D eigenvalue weighted by Crippen LogP contribution is -3.06. The Bertz CT molecular complexity index is 823. The fraction of sp³-hybridized carbons (Fsp3) is 0.579. The maximum absolute atomic E-state index is 13.1. The molecule has 1 aliphatic rings. The molecular formula is C19H31N4O4S+. The van der Waals surface area contributed by atoms with Gasteiger partial charge in [0.2, 0.25) is 10.0 Å². The smallest absolute Gasteiger partial charge is 0.309 e. The van der Waals surface area contributed by atoms with Crippen LogP contribution in [0.2, 0.25) is 0 Å². The summed E-state index contributed by atoms with van der Waals surface area (Å²) in [6, 6.07) is 5.01. The van der Waals surface area contributed by atoms with Crippen molar-refractivity contribution in [3.05, 3.63) is 29.3 Å². The van der Waals surface area contributed by atoms with Crippen molar-refractivity contribution in [1.82, 2.24) is 14.9 Å². The first kappa shape index (κ1) is 22.3. The number of hydrogen-bond donors (Lipinski definition) is 3. The average molecular weight is 412 g/mol. The molecule has 2 rings (SSSR count). The Labute approximate surface area is 167 Å². The van der Waals surface area contributed by atoms with Gasteiger partial charge in [-0.05, 0) is 43.9 Å². The zero-order valence-electron chi connectivity index (χ0n) is 17.0. The molecule has 0 aromatic heterocycles. The first-order valence-corrected chi connectivity index (χ1v) is 11.0. The van der Waals surface area contributed by atoms with Crippen molar-refractivity contribution in [1.29, 1.82) is 0 Å². The van der Waals surface area contributed by atoms with E-state index in [1.165, 1.54) is 9.21 Å². The molecule has 1 saturated heterocycles. The van der Waals surface area contributed by atoms with Gasteiger partial charge in [0.15, 0.2) is 0 Å². The topological polar surface area (TPSA) is 100 Å². The molecule has 0 aliphatic carbocycles. The van der Waals surface area contributed by atoms with Crippen molar-refractivity contribution in [3.63, 3.8) is 0 Å². The number of likely N-dealkylation sites (N-methyl/N-ethyl adjacent to an activating group) is 1. The molecule has 1 fully saturated rings. The predicted octanol–water partition coefficient (Wildman–Crippen LogP) is -1.17. The monoisotopic (exact) mass is 411 g/mol. The van der Waals surface area contributed by atoms with Crippen LogP contribution in [0, 0.1) is 13.8 Å². The summed E-state index contributed by atoms with van der Waals surface area (Å²) in [5.74, 6) is -1.42. The van der Waals surface area contributed by atoms with Crippen LogP contribution in [0.25, 0.3) is 0 Å². The summed E-state index contributed by atoms with van der Waals surface area (Å²) in [6.45, 7) is 5.29. The molecule has 3 N–H and O–H groups in total. The van der Waals surface area contributed by atoms with Gasteiger partial charge in [0.1, 0.15) is 0 Å².